The highest BCUT2D eigenvalue weighted by Gasteiger charge is 2.33. The summed E-state index contributed by atoms with van der Waals surface area (Å²) < 4.78 is 0. The number of carbonyl (C=O) groups is 1. The van der Waals surface area contributed by atoms with Crippen LogP contribution in [0, 0.1) is 16.7 Å². The molecule has 1 fully saturated rings. The van der Waals surface area contributed by atoms with Gasteiger partial charge < -0.3 is 5.32 Å². The van der Waals surface area contributed by atoms with Crippen LogP contribution in [0.15, 0.2) is 12.7 Å². The summed E-state index contributed by atoms with van der Waals surface area (Å²) in [6, 6.07) is 2.24. The molecule has 1 aliphatic rings. The predicted octanol–water partition coefficient (Wildman–Crippen LogP) is 1.30. The first-order valence-corrected chi connectivity index (χ1v) is 6.06. The summed E-state index contributed by atoms with van der Waals surface area (Å²) >= 11 is 0. The summed E-state index contributed by atoms with van der Waals surface area (Å²) in [5, 5.41) is 11.8. The van der Waals surface area contributed by atoms with Crippen LogP contribution in [0.5, 0.6) is 0 Å². The molecule has 94 valence electrons. The van der Waals surface area contributed by atoms with Crippen molar-refractivity contribution in [2.45, 2.75) is 32.7 Å². The van der Waals surface area contributed by atoms with E-state index in [4.69, 9.17) is 5.26 Å². The number of hydrogen-bond donors (Lipinski definition) is 1. The van der Waals surface area contributed by atoms with Crippen molar-refractivity contribution >= 4 is 5.91 Å². The molecule has 0 aromatic carbocycles. The minimum Gasteiger partial charge on any atom is -0.351 e. The third-order valence-electron chi connectivity index (χ3n) is 3.52. The third-order valence-corrected chi connectivity index (χ3v) is 3.52. The fourth-order valence-corrected chi connectivity index (χ4v) is 2.00. The summed E-state index contributed by atoms with van der Waals surface area (Å²) in [7, 11) is 0. The molecular formula is C13H21N3O. The maximum absolute atomic E-state index is 11.8. The van der Waals surface area contributed by atoms with Gasteiger partial charge in [-0.2, -0.15) is 5.26 Å². The topological polar surface area (TPSA) is 56.1 Å². The average molecular weight is 235 g/mol. The van der Waals surface area contributed by atoms with E-state index in [0.717, 1.165) is 25.9 Å². The highest BCUT2D eigenvalue weighted by molar-refractivity contribution is 5.81. The van der Waals surface area contributed by atoms with Crippen molar-refractivity contribution < 1.29 is 4.79 Å². The first-order chi connectivity index (χ1) is 8.02. The fraction of sp³-hybridized carbons (Fsp3) is 0.692. The average Bonchev–Trinajstić information content (AvgIpc) is 2.36. The van der Waals surface area contributed by atoms with Gasteiger partial charge in [0.15, 0.2) is 0 Å². The molecule has 1 heterocycles. The Bertz CT molecular complexity index is 324. The molecule has 0 aromatic heterocycles. The largest absolute Gasteiger partial charge is 0.351 e. The zero-order chi connectivity index (χ0) is 12.9. The van der Waals surface area contributed by atoms with Gasteiger partial charge in [0.25, 0.3) is 0 Å². The van der Waals surface area contributed by atoms with Crippen molar-refractivity contribution in [1.29, 1.82) is 5.26 Å². The van der Waals surface area contributed by atoms with E-state index in [9.17, 15) is 4.79 Å². The molecule has 0 aliphatic carbocycles. The lowest BCUT2D eigenvalue weighted by molar-refractivity contribution is -0.126. The van der Waals surface area contributed by atoms with Crippen molar-refractivity contribution in [3.05, 3.63) is 12.7 Å². The number of rotatable bonds is 4. The zero-order valence-electron chi connectivity index (χ0n) is 10.7. The molecule has 1 atom stereocenters. The van der Waals surface area contributed by atoms with Crippen molar-refractivity contribution in [3.8, 4) is 6.07 Å². The number of carbonyl (C=O) groups excluding carboxylic acids is 1. The zero-order valence-corrected chi connectivity index (χ0v) is 10.7. The number of piperidine rings is 1. The van der Waals surface area contributed by atoms with Gasteiger partial charge in [0.1, 0.15) is 0 Å². The van der Waals surface area contributed by atoms with Crippen LogP contribution in [0.2, 0.25) is 0 Å². The van der Waals surface area contributed by atoms with Gasteiger partial charge in [-0.05, 0) is 26.7 Å². The van der Waals surface area contributed by atoms with E-state index in [1.165, 1.54) is 0 Å². The standard InChI is InChI=1S/C13H21N3O/c1-4-7-15-12(17)11(2)16-8-5-13(3,10-14)6-9-16/h4,11H,1,5-9H2,2-3H3,(H,15,17). The van der Waals surface area contributed by atoms with Gasteiger partial charge in [0.2, 0.25) is 5.91 Å². The van der Waals surface area contributed by atoms with Crippen LogP contribution in [-0.2, 0) is 4.79 Å². The van der Waals surface area contributed by atoms with Gasteiger partial charge in [0, 0.05) is 19.6 Å². The molecule has 1 aliphatic heterocycles. The molecule has 4 nitrogen and oxygen atoms in total. The van der Waals surface area contributed by atoms with E-state index in [1.54, 1.807) is 6.08 Å². The van der Waals surface area contributed by atoms with Gasteiger partial charge in [0.05, 0.1) is 17.5 Å². The van der Waals surface area contributed by atoms with Crippen LogP contribution in [-0.4, -0.2) is 36.5 Å². The number of amides is 1. The Morgan fingerprint density at radius 3 is 2.71 bits per heavy atom. The SMILES string of the molecule is C=CCNC(=O)C(C)N1CCC(C)(C#N)CC1. The second kappa shape index (κ2) is 5.83. The molecule has 1 saturated heterocycles. The van der Waals surface area contributed by atoms with Crippen LogP contribution in [0.25, 0.3) is 0 Å². The van der Waals surface area contributed by atoms with E-state index >= 15 is 0 Å². The summed E-state index contributed by atoms with van der Waals surface area (Å²) in [6.07, 6.45) is 3.35. The Balaban J connectivity index is 2.46. The fourth-order valence-electron chi connectivity index (χ4n) is 2.00. The smallest absolute Gasteiger partial charge is 0.237 e. The Kier molecular flexibility index (Phi) is 4.71. The maximum atomic E-state index is 11.8. The molecule has 1 amide bonds. The first kappa shape index (κ1) is 13.7. The van der Waals surface area contributed by atoms with Crippen LogP contribution >= 0.6 is 0 Å². The normalized spacial score (nSPS) is 21.2. The maximum Gasteiger partial charge on any atom is 0.237 e. The van der Waals surface area contributed by atoms with Gasteiger partial charge in [-0.1, -0.05) is 6.08 Å². The molecule has 0 spiro atoms. The van der Waals surface area contributed by atoms with E-state index in [-0.39, 0.29) is 17.4 Å². The van der Waals surface area contributed by atoms with E-state index in [1.807, 2.05) is 13.8 Å². The predicted molar refractivity (Wildman–Crippen MR) is 67.2 cm³/mol. The second-order valence-electron chi connectivity index (χ2n) is 4.92. The Morgan fingerprint density at radius 2 is 2.24 bits per heavy atom. The monoisotopic (exact) mass is 235 g/mol. The van der Waals surface area contributed by atoms with Crippen molar-refractivity contribution in [3.63, 3.8) is 0 Å². The Morgan fingerprint density at radius 1 is 1.65 bits per heavy atom. The lowest BCUT2D eigenvalue weighted by Crippen LogP contribution is -2.49. The van der Waals surface area contributed by atoms with Gasteiger partial charge >= 0.3 is 0 Å². The van der Waals surface area contributed by atoms with Crippen molar-refractivity contribution in [2.24, 2.45) is 5.41 Å². The summed E-state index contributed by atoms with van der Waals surface area (Å²) in [6.45, 7) is 9.60. The highest BCUT2D eigenvalue weighted by atomic mass is 16.2. The van der Waals surface area contributed by atoms with E-state index < -0.39 is 0 Å². The van der Waals surface area contributed by atoms with E-state index in [0.29, 0.717) is 6.54 Å². The lowest BCUT2D eigenvalue weighted by atomic mass is 9.81. The molecule has 1 unspecified atom stereocenters. The van der Waals surface area contributed by atoms with Gasteiger partial charge in [-0.25, -0.2) is 0 Å². The molecule has 4 heteroatoms. The van der Waals surface area contributed by atoms with Crippen LogP contribution < -0.4 is 5.32 Å². The number of nitriles is 1. The highest BCUT2D eigenvalue weighted by Crippen LogP contribution is 2.30. The second-order valence-corrected chi connectivity index (χ2v) is 4.92. The number of likely N-dealkylation sites (tertiary alicyclic amines) is 1. The molecular weight excluding hydrogens is 214 g/mol. The number of hydrogen-bond acceptors (Lipinski definition) is 3. The van der Waals surface area contributed by atoms with Gasteiger partial charge in [-0.3, -0.25) is 9.69 Å². The summed E-state index contributed by atoms with van der Waals surface area (Å²) in [4.78, 5) is 13.9. The van der Waals surface area contributed by atoms with Crippen LogP contribution in [0.1, 0.15) is 26.7 Å². The Labute approximate surface area is 103 Å². The number of nitrogens with one attached hydrogen (secondary N) is 1. The van der Waals surface area contributed by atoms with Crippen LogP contribution in [0.3, 0.4) is 0 Å². The Hall–Kier alpha value is -1.34. The molecule has 1 N–H and O–H groups in total. The van der Waals surface area contributed by atoms with Gasteiger partial charge in [-0.15, -0.1) is 6.58 Å². The number of nitrogens with zero attached hydrogens (tertiary/aromatic N) is 2. The minimum absolute atomic E-state index is 0.0328. The summed E-state index contributed by atoms with van der Waals surface area (Å²) in [5.74, 6) is 0.0328. The molecule has 0 saturated carbocycles. The first-order valence-electron chi connectivity index (χ1n) is 6.06. The quantitative estimate of drug-likeness (QED) is 0.747. The molecule has 17 heavy (non-hydrogen) atoms. The van der Waals surface area contributed by atoms with Crippen molar-refractivity contribution in [1.82, 2.24) is 10.2 Å². The minimum atomic E-state index is -0.214. The molecule has 0 radical (unpaired) electrons. The van der Waals surface area contributed by atoms with E-state index in [2.05, 4.69) is 22.9 Å². The van der Waals surface area contributed by atoms with Crippen molar-refractivity contribution in [2.75, 3.05) is 19.6 Å². The van der Waals surface area contributed by atoms with Crippen LogP contribution in [0.4, 0.5) is 0 Å². The third kappa shape index (κ3) is 3.57. The molecule has 0 bridgehead atoms. The lowest BCUT2D eigenvalue weighted by Gasteiger charge is -2.37. The molecule has 0 aromatic rings. The molecule has 1 rings (SSSR count). The summed E-state index contributed by atoms with van der Waals surface area (Å²) in [5.41, 5.74) is -0.214.